The Labute approximate surface area is 151 Å². The minimum absolute atomic E-state index is 0.0734. The van der Waals surface area contributed by atoms with Gasteiger partial charge in [-0.25, -0.2) is 17.6 Å². The van der Waals surface area contributed by atoms with Gasteiger partial charge in [0.2, 0.25) is 5.03 Å². The number of carbonyl (C=O) groups is 1. The summed E-state index contributed by atoms with van der Waals surface area (Å²) >= 11 is 0. The molecule has 1 aliphatic heterocycles. The predicted molar refractivity (Wildman–Crippen MR) is 91.8 cm³/mol. The van der Waals surface area contributed by atoms with Gasteiger partial charge < -0.3 is 5.11 Å². The van der Waals surface area contributed by atoms with E-state index >= 15 is 0 Å². The topological polar surface area (TPSA) is 92.5 Å². The molecular weight excluding hydrogens is 361 g/mol. The summed E-state index contributed by atoms with van der Waals surface area (Å²) in [5, 5.41) is 13.0. The van der Waals surface area contributed by atoms with Crippen LogP contribution < -0.4 is 0 Å². The van der Waals surface area contributed by atoms with Crippen LogP contribution >= 0.6 is 0 Å². The van der Waals surface area contributed by atoms with Crippen LogP contribution in [0.4, 0.5) is 4.39 Å². The van der Waals surface area contributed by atoms with Gasteiger partial charge in [-0.15, -0.1) is 0 Å². The molecule has 2 aromatic rings. The highest BCUT2D eigenvalue weighted by atomic mass is 32.2. The fourth-order valence-corrected chi connectivity index (χ4v) is 4.82. The minimum Gasteiger partial charge on any atom is -0.478 e. The maximum atomic E-state index is 13.3. The predicted octanol–water partition coefficient (Wildman–Crippen LogP) is 2.19. The maximum Gasteiger partial charge on any atom is 0.340 e. The van der Waals surface area contributed by atoms with Gasteiger partial charge in [-0.2, -0.15) is 9.40 Å². The molecule has 1 aliphatic rings. The highest BCUT2D eigenvalue weighted by Crippen LogP contribution is 2.25. The Balaban J connectivity index is 1.96. The fourth-order valence-electron chi connectivity index (χ4n) is 3.13. The zero-order chi connectivity index (χ0) is 18.9. The highest BCUT2D eigenvalue weighted by molar-refractivity contribution is 7.89. The van der Waals surface area contributed by atoms with Crippen molar-refractivity contribution in [1.29, 1.82) is 0 Å². The minimum atomic E-state index is -4.00. The van der Waals surface area contributed by atoms with E-state index in [2.05, 4.69) is 5.10 Å². The Hall–Kier alpha value is -2.26. The third-order valence-corrected chi connectivity index (χ3v) is 6.20. The lowest BCUT2D eigenvalue weighted by Crippen LogP contribution is -2.39. The summed E-state index contributed by atoms with van der Waals surface area (Å²) in [7, 11) is -4.00. The van der Waals surface area contributed by atoms with Gasteiger partial charge in [0.1, 0.15) is 11.4 Å². The van der Waals surface area contributed by atoms with E-state index in [4.69, 9.17) is 0 Å². The lowest BCUT2D eigenvalue weighted by Gasteiger charge is -2.29. The van der Waals surface area contributed by atoms with Crippen molar-refractivity contribution >= 4 is 16.0 Å². The molecule has 1 aromatic carbocycles. The Morgan fingerprint density at radius 3 is 2.85 bits per heavy atom. The molecule has 0 radical (unpaired) electrons. The third kappa shape index (κ3) is 3.78. The van der Waals surface area contributed by atoms with Gasteiger partial charge in [-0.1, -0.05) is 19.1 Å². The number of sulfonamides is 1. The van der Waals surface area contributed by atoms with Crippen molar-refractivity contribution in [2.24, 2.45) is 5.92 Å². The number of aromatic nitrogens is 2. The number of benzene rings is 1. The zero-order valence-electron chi connectivity index (χ0n) is 14.3. The van der Waals surface area contributed by atoms with Crippen LogP contribution in [0.2, 0.25) is 0 Å². The van der Waals surface area contributed by atoms with E-state index in [1.54, 1.807) is 6.07 Å². The standard InChI is InChI=1S/C17H20FN3O4S/c1-12-4-3-7-21(9-12)26(24,25)16-15(17(22)23)11-20(19-16)10-13-5-2-6-14(18)8-13/h2,5-6,8,11-12H,3-4,7,9-10H2,1H3,(H,22,23). The molecule has 2 heterocycles. The molecule has 9 heteroatoms. The van der Waals surface area contributed by atoms with E-state index in [9.17, 15) is 22.7 Å². The van der Waals surface area contributed by atoms with Crippen molar-refractivity contribution in [3.05, 3.63) is 47.4 Å². The molecule has 1 aromatic heterocycles. The van der Waals surface area contributed by atoms with Crippen LogP contribution in [0.25, 0.3) is 0 Å². The van der Waals surface area contributed by atoms with E-state index in [0.717, 1.165) is 12.8 Å². The van der Waals surface area contributed by atoms with Crippen LogP contribution in [0, 0.1) is 11.7 Å². The average molecular weight is 381 g/mol. The van der Waals surface area contributed by atoms with E-state index < -0.39 is 26.8 Å². The molecule has 1 N–H and O–H groups in total. The van der Waals surface area contributed by atoms with Gasteiger partial charge in [-0.3, -0.25) is 4.68 Å². The number of aromatic carboxylic acids is 1. The summed E-state index contributed by atoms with van der Waals surface area (Å²) in [5.74, 6) is -1.58. The lowest BCUT2D eigenvalue weighted by atomic mass is 10.0. The summed E-state index contributed by atoms with van der Waals surface area (Å²) in [4.78, 5) is 11.5. The smallest absolute Gasteiger partial charge is 0.340 e. The molecule has 140 valence electrons. The number of carboxylic acid groups (broad SMARTS) is 1. The van der Waals surface area contributed by atoms with Crippen LogP contribution in [-0.2, 0) is 16.6 Å². The van der Waals surface area contributed by atoms with Gasteiger partial charge in [0.05, 0.1) is 6.54 Å². The number of hydrogen-bond acceptors (Lipinski definition) is 4. The molecule has 0 saturated carbocycles. The molecule has 1 saturated heterocycles. The van der Waals surface area contributed by atoms with Crippen LogP contribution in [0.15, 0.2) is 35.5 Å². The largest absolute Gasteiger partial charge is 0.478 e. The van der Waals surface area contributed by atoms with Crippen LogP contribution in [0.3, 0.4) is 0 Å². The highest BCUT2D eigenvalue weighted by Gasteiger charge is 2.34. The number of halogens is 1. The maximum absolute atomic E-state index is 13.3. The molecule has 0 spiro atoms. The quantitative estimate of drug-likeness (QED) is 0.857. The Morgan fingerprint density at radius 2 is 2.19 bits per heavy atom. The summed E-state index contributed by atoms with van der Waals surface area (Å²) in [5.41, 5.74) is 0.180. The molecule has 0 aliphatic carbocycles. The van der Waals surface area contributed by atoms with Crippen molar-refractivity contribution < 1.29 is 22.7 Å². The Bertz CT molecular complexity index is 926. The van der Waals surface area contributed by atoms with Crippen LogP contribution in [0.1, 0.15) is 35.7 Å². The van der Waals surface area contributed by atoms with Crippen molar-refractivity contribution in [2.45, 2.75) is 31.3 Å². The zero-order valence-corrected chi connectivity index (χ0v) is 15.1. The van der Waals surface area contributed by atoms with Crippen molar-refractivity contribution in [3.63, 3.8) is 0 Å². The Morgan fingerprint density at radius 1 is 1.42 bits per heavy atom. The van der Waals surface area contributed by atoms with E-state index in [1.807, 2.05) is 6.92 Å². The molecule has 1 atom stereocenters. The van der Waals surface area contributed by atoms with E-state index in [-0.39, 0.29) is 18.0 Å². The third-order valence-electron chi connectivity index (χ3n) is 4.40. The summed E-state index contributed by atoms with van der Waals surface area (Å²) in [6, 6.07) is 5.77. The first kappa shape index (κ1) is 18.5. The summed E-state index contributed by atoms with van der Waals surface area (Å²) < 4.78 is 41.6. The Kier molecular flexibility index (Phi) is 5.10. The lowest BCUT2D eigenvalue weighted by molar-refractivity contribution is 0.0692. The summed E-state index contributed by atoms with van der Waals surface area (Å²) in [6.07, 6.45) is 2.84. The second-order valence-electron chi connectivity index (χ2n) is 6.59. The molecule has 1 fully saturated rings. The molecule has 0 amide bonds. The number of carboxylic acids is 1. The van der Waals surface area contributed by atoms with Gasteiger partial charge in [0.25, 0.3) is 10.0 Å². The number of hydrogen-bond donors (Lipinski definition) is 1. The van der Waals surface area contributed by atoms with Crippen LogP contribution in [0.5, 0.6) is 0 Å². The normalized spacial score (nSPS) is 18.8. The molecule has 7 nitrogen and oxygen atoms in total. The number of piperidine rings is 1. The number of nitrogens with zero attached hydrogens (tertiary/aromatic N) is 3. The monoisotopic (exact) mass is 381 g/mol. The second-order valence-corrected chi connectivity index (χ2v) is 8.44. The van der Waals surface area contributed by atoms with Gasteiger partial charge in [-0.05, 0) is 36.5 Å². The average Bonchev–Trinajstić information content (AvgIpc) is 3.00. The van der Waals surface area contributed by atoms with Crippen LogP contribution in [-0.4, -0.2) is 46.7 Å². The molecule has 0 bridgehead atoms. The summed E-state index contributed by atoms with van der Waals surface area (Å²) in [6.45, 7) is 2.73. The molecular formula is C17H20FN3O4S. The molecule has 3 rings (SSSR count). The van der Waals surface area contributed by atoms with E-state index in [0.29, 0.717) is 18.7 Å². The first-order chi connectivity index (χ1) is 12.3. The van der Waals surface area contributed by atoms with Crippen molar-refractivity contribution in [3.8, 4) is 0 Å². The molecule has 1 unspecified atom stereocenters. The fraction of sp³-hybridized carbons (Fsp3) is 0.412. The van der Waals surface area contributed by atoms with Gasteiger partial charge in [0.15, 0.2) is 0 Å². The van der Waals surface area contributed by atoms with Gasteiger partial charge in [0, 0.05) is 19.3 Å². The molecule has 26 heavy (non-hydrogen) atoms. The second kappa shape index (κ2) is 7.16. The van der Waals surface area contributed by atoms with E-state index in [1.165, 1.54) is 33.4 Å². The first-order valence-electron chi connectivity index (χ1n) is 8.32. The van der Waals surface area contributed by atoms with Crippen molar-refractivity contribution in [1.82, 2.24) is 14.1 Å². The SMILES string of the molecule is CC1CCCN(S(=O)(=O)c2nn(Cc3cccc(F)c3)cc2C(=O)O)C1. The first-order valence-corrected chi connectivity index (χ1v) is 9.76. The number of rotatable bonds is 5. The van der Waals surface area contributed by atoms with Crippen molar-refractivity contribution in [2.75, 3.05) is 13.1 Å². The van der Waals surface area contributed by atoms with Gasteiger partial charge >= 0.3 is 5.97 Å².